The molecular formula is C18H27FN2O2. The van der Waals surface area contributed by atoms with E-state index in [1.165, 1.54) is 0 Å². The van der Waals surface area contributed by atoms with E-state index < -0.39 is 5.60 Å². The van der Waals surface area contributed by atoms with Crippen LogP contribution in [0.4, 0.5) is 9.18 Å². The number of carbonyl (C=O) groups is 1. The van der Waals surface area contributed by atoms with E-state index in [2.05, 4.69) is 10.2 Å². The minimum absolute atomic E-state index is 0.148. The zero-order chi connectivity index (χ0) is 17.0. The number of piperidine rings is 1. The van der Waals surface area contributed by atoms with Crippen molar-refractivity contribution in [2.45, 2.75) is 58.7 Å². The van der Waals surface area contributed by atoms with Crippen LogP contribution >= 0.6 is 0 Å². The number of amides is 1. The second-order valence-corrected chi connectivity index (χ2v) is 7.33. The smallest absolute Gasteiger partial charge is 0.407 e. The molecule has 1 saturated heterocycles. The normalized spacial score (nSPS) is 17.1. The van der Waals surface area contributed by atoms with Gasteiger partial charge in [-0.25, -0.2) is 9.18 Å². The maximum atomic E-state index is 13.4. The quantitative estimate of drug-likeness (QED) is 0.924. The largest absolute Gasteiger partial charge is 0.444 e. The lowest BCUT2D eigenvalue weighted by Crippen LogP contribution is -2.45. The number of rotatable bonds is 3. The summed E-state index contributed by atoms with van der Waals surface area (Å²) in [6.45, 7) is 10.00. The number of carbonyl (C=O) groups excluding carboxylic acids is 1. The molecule has 128 valence electrons. The highest BCUT2D eigenvalue weighted by atomic mass is 19.1. The molecule has 5 heteroatoms. The standard InChI is InChI=1S/C18H27FN2O2/c1-13-9-14(11-15(19)10-13)12-21-7-5-16(6-8-21)20-17(22)23-18(2,3)4/h9-11,16H,5-8,12H2,1-4H3,(H,20,22). The molecule has 23 heavy (non-hydrogen) atoms. The van der Waals surface area contributed by atoms with E-state index in [-0.39, 0.29) is 18.0 Å². The molecule has 0 aromatic heterocycles. The Bertz CT molecular complexity index is 526. The summed E-state index contributed by atoms with van der Waals surface area (Å²) in [6.07, 6.45) is 1.41. The lowest BCUT2D eigenvalue weighted by atomic mass is 10.0. The van der Waals surface area contributed by atoms with Gasteiger partial charge in [0, 0.05) is 25.7 Å². The van der Waals surface area contributed by atoms with Gasteiger partial charge in [-0.05, 0) is 63.8 Å². The molecule has 1 aliphatic heterocycles. The summed E-state index contributed by atoms with van der Waals surface area (Å²) in [7, 11) is 0. The Labute approximate surface area is 138 Å². The number of hydrogen-bond donors (Lipinski definition) is 1. The second-order valence-electron chi connectivity index (χ2n) is 7.33. The molecular weight excluding hydrogens is 295 g/mol. The summed E-state index contributed by atoms with van der Waals surface area (Å²) in [4.78, 5) is 14.1. The van der Waals surface area contributed by atoms with Gasteiger partial charge in [0.05, 0.1) is 0 Å². The van der Waals surface area contributed by atoms with Crippen molar-refractivity contribution >= 4 is 6.09 Å². The van der Waals surface area contributed by atoms with Gasteiger partial charge < -0.3 is 10.1 Å². The minimum Gasteiger partial charge on any atom is -0.444 e. The maximum Gasteiger partial charge on any atom is 0.407 e. The molecule has 0 spiro atoms. The molecule has 1 aromatic rings. The van der Waals surface area contributed by atoms with Gasteiger partial charge in [0.25, 0.3) is 0 Å². The summed E-state index contributed by atoms with van der Waals surface area (Å²) in [6, 6.07) is 5.31. The van der Waals surface area contributed by atoms with Gasteiger partial charge in [-0.3, -0.25) is 4.90 Å². The first-order chi connectivity index (χ1) is 10.7. The molecule has 4 nitrogen and oxygen atoms in total. The molecule has 0 unspecified atom stereocenters. The first-order valence-electron chi connectivity index (χ1n) is 8.19. The van der Waals surface area contributed by atoms with E-state index in [1.54, 1.807) is 12.1 Å². The summed E-state index contributed by atoms with van der Waals surface area (Å²) >= 11 is 0. The third kappa shape index (κ3) is 6.18. The molecule has 1 aliphatic rings. The number of aryl methyl sites for hydroxylation is 1. The van der Waals surface area contributed by atoms with Crippen LogP contribution in [0.5, 0.6) is 0 Å². The van der Waals surface area contributed by atoms with Gasteiger partial charge in [0.1, 0.15) is 11.4 Å². The second kappa shape index (κ2) is 7.30. The molecule has 1 fully saturated rings. The Morgan fingerprint density at radius 2 is 1.96 bits per heavy atom. The van der Waals surface area contributed by atoms with Crippen molar-refractivity contribution in [2.24, 2.45) is 0 Å². The van der Waals surface area contributed by atoms with Gasteiger partial charge in [-0.15, -0.1) is 0 Å². The van der Waals surface area contributed by atoms with Crippen LogP contribution in [0.15, 0.2) is 18.2 Å². The predicted molar refractivity (Wildman–Crippen MR) is 88.8 cm³/mol. The molecule has 0 bridgehead atoms. The number of nitrogens with zero attached hydrogens (tertiary/aromatic N) is 1. The Morgan fingerprint density at radius 1 is 1.30 bits per heavy atom. The van der Waals surface area contributed by atoms with Crippen LogP contribution in [0.3, 0.4) is 0 Å². The van der Waals surface area contributed by atoms with Crippen molar-refractivity contribution < 1.29 is 13.9 Å². The Balaban J connectivity index is 1.78. The average Bonchev–Trinajstić information content (AvgIpc) is 2.37. The molecule has 0 atom stereocenters. The maximum absolute atomic E-state index is 13.4. The van der Waals surface area contributed by atoms with Crippen LogP contribution in [-0.2, 0) is 11.3 Å². The van der Waals surface area contributed by atoms with E-state index in [0.29, 0.717) is 0 Å². The van der Waals surface area contributed by atoms with Crippen molar-refractivity contribution in [3.8, 4) is 0 Å². The van der Waals surface area contributed by atoms with Crippen molar-refractivity contribution in [2.75, 3.05) is 13.1 Å². The van der Waals surface area contributed by atoms with Crippen LogP contribution < -0.4 is 5.32 Å². The fraction of sp³-hybridized carbons (Fsp3) is 0.611. The van der Waals surface area contributed by atoms with E-state index in [1.807, 2.05) is 33.8 Å². The van der Waals surface area contributed by atoms with E-state index in [0.717, 1.165) is 43.6 Å². The van der Waals surface area contributed by atoms with Gasteiger partial charge in [0.2, 0.25) is 0 Å². The Hall–Kier alpha value is -1.62. The first kappa shape index (κ1) is 17.7. The highest BCUT2D eigenvalue weighted by Crippen LogP contribution is 2.16. The summed E-state index contributed by atoms with van der Waals surface area (Å²) < 4.78 is 18.7. The lowest BCUT2D eigenvalue weighted by Gasteiger charge is -2.32. The SMILES string of the molecule is Cc1cc(F)cc(CN2CCC(NC(=O)OC(C)(C)C)CC2)c1. The van der Waals surface area contributed by atoms with Crippen LogP contribution in [0.25, 0.3) is 0 Å². The van der Waals surface area contributed by atoms with Crippen molar-refractivity contribution in [1.82, 2.24) is 10.2 Å². The van der Waals surface area contributed by atoms with Gasteiger partial charge >= 0.3 is 6.09 Å². The number of alkyl carbamates (subject to hydrolysis) is 1. The monoisotopic (exact) mass is 322 g/mol. The third-order valence-corrected chi connectivity index (χ3v) is 3.82. The molecule has 1 N–H and O–H groups in total. The number of ether oxygens (including phenoxy) is 1. The molecule has 0 radical (unpaired) electrons. The van der Waals surface area contributed by atoms with E-state index >= 15 is 0 Å². The molecule has 0 aliphatic carbocycles. The van der Waals surface area contributed by atoms with E-state index in [9.17, 15) is 9.18 Å². The van der Waals surface area contributed by atoms with Crippen molar-refractivity contribution in [1.29, 1.82) is 0 Å². The van der Waals surface area contributed by atoms with E-state index in [4.69, 9.17) is 4.74 Å². The average molecular weight is 322 g/mol. The molecule has 2 rings (SSSR count). The van der Waals surface area contributed by atoms with Gasteiger partial charge in [0.15, 0.2) is 0 Å². The molecule has 1 heterocycles. The molecule has 0 saturated carbocycles. The highest BCUT2D eigenvalue weighted by molar-refractivity contribution is 5.68. The predicted octanol–water partition coefficient (Wildman–Crippen LogP) is 3.62. The summed E-state index contributed by atoms with van der Waals surface area (Å²) in [5.41, 5.74) is 1.47. The summed E-state index contributed by atoms with van der Waals surface area (Å²) in [5, 5.41) is 2.93. The fourth-order valence-electron chi connectivity index (χ4n) is 2.87. The zero-order valence-corrected chi connectivity index (χ0v) is 14.5. The third-order valence-electron chi connectivity index (χ3n) is 3.82. The van der Waals surface area contributed by atoms with Gasteiger partial charge in [-0.1, -0.05) is 6.07 Å². The first-order valence-corrected chi connectivity index (χ1v) is 8.19. The molecule has 1 amide bonds. The minimum atomic E-state index is -0.472. The van der Waals surface area contributed by atoms with Crippen LogP contribution in [-0.4, -0.2) is 35.7 Å². The van der Waals surface area contributed by atoms with Crippen LogP contribution in [0, 0.1) is 12.7 Å². The van der Waals surface area contributed by atoms with Crippen molar-refractivity contribution in [3.63, 3.8) is 0 Å². The van der Waals surface area contributed by atoms with Gasteiger partial charge in [-0.2, -0.15) is 0 Å². The highest BCUT2D eigenvalue weighted by Gasteiger charge is 2.23. The number of hydrogen-bond acceptors (Lipinski definition) is 3. The zero-order valence-electron chi connectivity index (χ0n) is 14.5. The Morgan fingerprint density at radius 3 is 2.52 bits per heavy atom. The lowest BCUT2D eigenvalue weighted by molar-refractivity contribution is 0.0477. The number of halogens is 1. The van der Waals surface area contributed by atoms with Crippen LogP contribution in [0.1, 0.15) is 44.7 Å². The Kier molecular flexibility index (Phi) is 5.63. The number of likely N-dealkylation sites (tertiary alicyclic amines) is 1. The number of nitrogens with one attached hydrogen (secondary N) is 1. The summed E-state index contributed by atoms with van der Waals surface area (Å²) in [5.74, 6) is -0.179. The fourth-order valence-corrected chi connectivity index (χ4v) is 2.87. The molecule has 1 aromatic carbocycles. The van der Waals surface area contributed by atoms with Crippen molar-refractivity contribution in [3.05, 3.63) is 35.1 Å². The topological polar surface area (TPSA) is 41.6 Å². The number of benzene rings is 1. The van der Waals surface area contributed by atoms with Crippen LogP contribution in [0.2, 0.25) is 0 Å².